The summed E-state index contributed by atoms with van der Waals surface area (Å²) >= 11 is 1.93. The molecule has 178 valence electrons. The lowest BCUT2D eigenvalue weighted by atomic mass is 9.88. The average molecular weight is 475 g/mol. The molecule has 0 unspecified atom stereocenters. The van der Waals surface area contributed by atoms with Crippen LogP contribution in [0.1, 0.15) is 100 Å². The van der Waals surface area contributed by atoms with Gasteiger partial charge in [0.05, 0.1) is 10.8 Å². The first kappa shape index (κ1) is 28.8. The first-order valence-electron chi connectivity index (χ1n) is 11.4. The van der Waals surface area contributed by atoms with Crippen LogP contribution in [0.15, 0.2) is 56.2 Å². The standard InChI is InChI=1S/C29H43OS.ClH/c1-26(2,3)22-16-20(17-23(30-22)27(4,5)6)14-13-15-21-18-24(28(7,8)9)31-25(19-21)29(10,11)12;/h13-19H,1-12H3;1H/q+1;/p-1/b14-13+;. The Labute approximate surface area is 208 Å². The SMILES string of the molecule is CC(C)(C)C1=CC(=C/C=C/c2cc(C(C)(C)C)[o+]c(C(C)(C)C)c2)C=C(C(C)(C)C)S1.[Cl-]. The highest BCUT2D eigenvalue weighted by molar-refractivity contribution is 8.06. The third kappa shape index (κ3) is 7.96. The second-order valence-electron chi connectivity index (χ2n) is 12.8. The van der Waals surface area contributed by atoms with Crippen molar-refractivity contribution in [1.29, 1.82) is 0 Å². The molecule has 0 saturated carbocycles. The first-order chi connectivity index (χ1) is 13.9. The largest absolute Gasteiger partial charge is 1.00 e. The minimum absolute atomic E-state index is 0. The molecule has 0 fully saturated rings. The fraction of sp³-hybridized carbons (Fsp3) is 0.552. The summed E-state index contributed by atoms with van der Waals surface area (Å²) in [6.07, 6.45) is 11.3. The molecule has 1 aliphatic rings. The molecule has 0 aliphatic carbocycles. The van der Waals surface area contributed by atoms with Crippen LogP contribution >= 0.6 is 11.8 Å². The molecule has 2 heterocycles. The van der Waals surface area contributed by atoms with Crippen molar-refractivity contribution in [3.05, 3.63) is 68.9 Å². The Morgan fingerprint density at radius 2 is 1.06 bits per heavy atom. The van der Waals surface area contributed by atoms with Crippen molar-refractivity contribution < 1.29 is 16.8 Å². The van der Waals surface area contributed by atoms with Crippen molar-refractivity contribution in [3.8, 4) is 0 Å². The molecule has 0 radical (unpaired) electrons. The van der Waals surface area contributed by atoms with Crippen LogP contribution in [0, 0.1) is 10.8 Å². The van der Waals surface area contributed by atoms with E-state index in [1.807, 2.05) is 11.8 Å². The molecule has 1 aliphatic heterocycles. The van der Waals surface area contributed by atoms with Crippen molar-refractivity contribution in [2.75, 3.05) is 0 Å². The smallest absolute Gasteiger partial charge is 0.335 e. The fourth-order valence-corrected chi connectivity index (χ4v) is 4.22. The highest BCUT2D eigenvalue weighted by atomic mass is 35.5. The molecule has 0 N–H and O–H groups in total. The first-order valence-corrected chi connectivity index (χ1v) is 12.2. The Balaban J connectivity index is 0.00000512. The molecule has 0 bridgehead atoms. The Morgan fingerprint density at radius 1 is 0.656 bits per heavy atom. The highest BCUT2D eigenvalue weighted by Crippen LogP contribution is 2.48. The van der Waals surface area contributed by atoms with Gasteiger partial charge in [-0.1, -0.05) is 71.5 Å². The van der Waals surface area contributed by atoms with Gasteiger partial charge < -0.3 is 12.4 Å². The molecule has 1 nitrogen and oxygen atoms in total. The summed E-state index contributed by atoms with van der Waals surface area (Å²) in [5, 5.41) is 0. The summed E-state index contributed by atoms with van der Waals surface area (Å²) in [5.41, 5.74) is 2.67. The molecule has 32 heavy (non-hydrogen) atoms. The van der Waals surface area contributed by atoms with Gasteiger partial charge in [0.25, 0.3) is 0 Å². The second kappa shape index (κ2) is 9.94. The quantitative estimate of drug-likeness (QED) is 0.441. The average Bonchev–Trinajstić information content (AvgIpc) is 2.58. The molecule has 0 atom stereocenters. The minimum Gasteiger partial charge on any atom is -1.00 e. The van der Waals surface area contributed by atoms with E-state index in [1.54, 1.807) is 0 Å². The van der Waals surface area contributed by atoms with Crippen molar-refractivity contribution >= 4 is 17.8 Å². The lowest BCUT2D eigenvalue weighted by Crippen LogP contribution is -3.00. The van der Waals surface area contributed by atoms with Gasteiger partial charge in [0.2, 0.25) is 0 Å². The Bertz CT molecular complexity index is 869. The van der Waals surface area contributed by atoms with Gasteiger partial charge in [-0.2, -0.15) is 0 Å². The molecule has 3 heteroatoms. The van der Waals surface area contributed by atoms with E-state index in [-0.39, 0.29) is 34.1 Å². The zero-order valence-electron chi connectivity index (χ0n) is 22.2. The van der Waals surface area contributed by atoms with Crippen LogP contribution in [-0.4, -0.2) is 0 Å². The zero-order valence-corrected chi connectivity index (χ0v) is 23.8. The maximum absolute atomic E-state index is 6.28. The minimum atomic E-state index is -0.0302. The normalized spacial score (nSPS) is 15.9. The van der Waals surface area contributed by atoms with E-state index in [1.165, 1.54) is 20.9 Å². The van der Waals surface area contributed by atoms with Gasteiger partial charge in [-0.25, -0.2) is 4.42 Å². The summed E-state index contributed by atoms with van der Waals surface area (Å²) < 4.78 is 6.28. The van der Waals surface area contributed by atoms with Crippen LogP contribution in [0.5, 0.6) is 0 Å². The highest BCUT2D eigenvalue weighted by Gasteiger charge is 2.33. The maximum Gasteiger partial charge on any atom is 0.335 e. The molecule has 0 spiro atoms. The van der Waals surface area contributed by atoms with E-state index in [0.29, 0.717) is 0 Å². The summed E-state index contributed by atoms with van der Waals surface area (Å²) in [7, 11) is 0. The zero-order chi connectivity index (χ0) is 23.8. The maximum atomic E-state index is 6.28. The molecule has 2 rings (SSSR count). The fourth-order valence-electron chi connectivity index (χ4n) is 2.98. The number of hydrogen-bond acceptors (Lipinski definition) is 1. The van der Waals surface area contributed by atoms with Crippen LogP contribution in [0.2, 0.25) is 0 Å². The van der Waals surface area contributed by atoms with E-state index in [0.717, 1.165) is 11.5 Å². The van der Waals surface area contributed by atoms with Crippen molar-refractivity contribution in [3.63, 3.8) is 0 Å². The summed E-state index contributed by atoms with van der Waals surface area (Å²) in [6.45, 7) is 26.9. The summed E-state index contributed by atoms with van der Waals surface area (Å²) in [5.74, 6) is 2.04. The third-order valence-corrected chi connectivity index (χ3v) is 7.07. The summed E-state index contributed by atoms with van der Waals surface area (Å²) in [4.78, 5) is 2.84. The number of rotatable bonds is 2. The number of allylic oxidation sites excluding steroid dienone is 7. The van der Waals surface area contributed by atoms with E-state index >= 15 is 0 Å². The van der Waals surface area contributed by atoms with E-state index in [4.69, 9.17) is 4.42 Å². The molecule has 1 aromatic heterocycles. The van der Waals surface area contributed by atoms with Gasteiger partial charge in [0, 0.05) is 12.1 Å². The van der Waals surface area contributed by atoms with Crippen LogP contribution in [0.4, 0.5) is 0 Å². The Kier molecular flexibility index (Phi) is 8.94. The van der Waals surface area contributed by atoms with Crippen LogP contribution in [0.3, 0.4) is 0 Å². The lowest BCUT2D eigenvalue weighted by Gasteiger charge is -2.31. The monoisotopic (exact) mass is 474 g/mol. The molecular formula is C29H43ClOS. The van der Waals surface area contributed by atoms with Gasteiger partial charge in [-0.15, -0.1) is 0 Å². The third-order valence-electron chi connectivity index (χ3n) is 5.17. The van der Waals surface area contributed by atoms with Crippen molar-refractivity contribution in [1.82, 2.24) is 0 Å². The van der Waals surface area contributed by atoms with Crippen LogP contribution in [0.25, 0.3) is 6.08 Å². The van der Waals surface area contributed by atoms with Gasteiger partial charge in [-0.05, 0) is 85.5 Å². The predicted molar refractivity (Wildman–Crippen MR) is 140 cm³/mol. The topological polar surface area (TPSA) is 11.3 Å². The molecular weight excluding hydrogens is 432 g/mol. The van der Waals surface area contributed by atoms with E-state index in [2.05, 4.69) is 126 Å². The summed E-state index contributed by atoms with van der Waals surface area (Å²) in [6, 6.07) is 4.35. The van der Waals surface area contributed by atoms with Gasteiger partial charge in [-0.3, -0.25) is 0 Å². The Hall–Kier alpha value is -1.25. The van der Waals surface area contributed by atoms with Crippen LogP contribution in [-0.2, 0) is 10.8 Å². The van der Waals surface area contributed by atoms with E-state index < -0.39 is 0 Å². The van der Waals surface area contributed by atoms with Gasteiger partial charge in [0.15, 0.2) is 0 Å². The van der Waals surface area contributed by atoms with Crippen molar-refractivity contribution in [2.45, 2.75) is 93.9 Å². The van der Waals surface area contributed by atoms with Gasteiger partial charge in [0.1, 0.15) is 0 Å². The Morgan fingerprint density at radius 3 is 1.41 bits per heavy atom. The number of thioether (sulfide) groups is 1. The van der Waals surface area contributed by atoms with Gasteiger partial charge >= 0.3 is 11.5 Å². The van der Waals surface area contributed by atoms with Crippen molar-refractivity contribution in [2.24, 2.45) is 10.8 Å². The molecule has 1 aromatic rings. The molecule has 0 aromatic carbocycles. The molecule has 0 amide bonds. The molecule has 0 saturated heterocycles. The lowest BCUT2D eigenvalue weighted by molar-refractivity contribution is -0.00000842. The second-order valence-corrected chi connectivity index (χ2v) is 13.8. The number of halogens is 1. The predicted octanol–water partition coefficient (Wildman–Crippen LogP) is 6.71. The van der Waals surface area contributed by atoms with E-state index in [9.17, 15) is 0 Å². The number of hydrogen-bond donors (Lipinski definition) is 0. The van der Waals surface area contributed by atoms with Crippen LogP contribution < -0.4 is 12.4 Å².